The van der Waals surface area contributed by atoms with Crippen LogP contribution in [0.25, 0.3) is 0 Å². The minimum absolute atomic E-state index is 0.534. The van der Waals surface area contributed by atoms with Crippen molar-refractivity contribution < 1.29 is 54.3 Å². The first-order valence-corrected chi connectivity index (χ1v) is 11.1. The summed E-state index contributed by atoms with van der Waals surface area (Å²) in [6, 6.07) is 0. The second-order valence-electron chi connectivity index (χ2n) is 8.23. The quantitative estimate of drug-likeness (QED) is 0.296. The fourth-order valence-electron chi connectivity index (χ4n) is 3.55. The van der Waals surface area contributed by atoms with Gasteiger partial charge >= 0.3 is 0 Å². The van der Waals surface area contributed by atoms with Crippen molar-refractivity contribution in [3.63, 3.8) is 0 Å². The first-order chi connectivity index (χ1) is 15.1. The monoisotopic (exact) mass is 470 g/mol. The van der Waals surface area contributed by atoms with Gasteiger partial charge in [-0.05, 0) is 39.5 Å². The van der Waals surface area contributed by atoms with Gasteiger partial charge in [-0.15, -0.1) is 0 Å². The van der Waals surface area contributed by atoms with Crippen LogP contribution in [0.4, 0.5) is 0 Å². The van der Waals surface area contributed by atoms with Gasteiger partial charge in [0.1, 0.15) is 36.6 Å². The van der Waals surface area contributed by atoms with Crippen molar-refractivity contribution in [3.05, 3.63) is 0 Å². The first-order valence-electron chi connectivity index (χ1n) is 11.1. The van der Waals surface area contributed by atoms with Crippen LogP contribution in [-0.2, 0) is 23.7 Å². The summed E-state index contributed by atoms with van der Waals surface area (Å²) < 4.78 is 25.0. The van der Waals surface area contributed by atoms with Gasteiger partial charge in [0.2, 0.25) is 0 Å². The molecule has 192 valence electrons. The standard InChI is InChI=1S/2C7H14O5.C7H14O/c2*1-3-4(8)5(9)6(10)7(11-2)12-3;1-2-7-5-3-4-6-8-7/h2*3-10H,1-2H3;7H,2-6H2,1H3. The minimum Gasteiger partial charge on any atom is -0.388 e. The summed E-state index contributed by atoms with van der Waals surface area (Å²) in [5.74, 6) is 0. The van der Waals surface area contributed by atoms with Crippen molar-refractivity contribution >= 4 is 0 Å². The molecule has 3 rings (SSSR count). The van der Waals surface area contributed by atoms with Gasteiger partial charge in [0.25, 0.3) is 0 Å². The largest absolute Gasteiger partial charge is 0.388 e. The Hall–Kier alpha value is -0.440. The van der Waals surface area contributed by atoms with Gasteiger partial charge in [-0.1, -0.05) is 6.92 Å². The molecule has 0 aromatic carbocycles. The van der Waals surface area contributed by atoms with Crippen LogP contribution in [0, 0.1) is 0 Å². The molecule has 6 N–H and O–H groups in total. The van der Waals surface area contributed by atoms with Crippen molar-refractivity contribution in [1.82, 2.24) is 0 Å². The van der Waals surface area contributed by atoms with E-state index in [9.17, 15) is 30.6 Å². The molecule has 11 atom stereocenters. The first kappa shape index (κ1) is 29.6. The zero-order valence-electron chi connectivity index (χ0n) is 19.6. The third-order valence-corrected chi connectivity index (χ3v) is 5.81. The van der Waals surface area contributed by atoms with Crippen LogP contribution in [0.3, 0.4) is 0 Å². The van der Waals surface area contributed by atoms with E-state index in [2.05, 4.69) is 6.92 Å². The van der Waals surface area contributed by atoms with Crippen molar-refractivity contribution in [2.75, 3.05) is 20.8 Å². The maximum atomic E-state index is 9.27. The van der Waals surface area contributed by atoms with Crippen LogP contribution < -0.4 is 0 Å². The minimum atomic E-state index is -1.21. The zero-order valence-corrected chi connectivity index (χ0v) is 19.6. The van der Waals surface area contributed by atoms with Crippen molar-refractivity contribution in [2.24, 2.45) is 0 Å². The Morgan fingerprint density at radius 3 is 1.41 bits per heavy atom. The van der Waals surface area contributed by atoms with Crippen LogP contribution in [0.5, 0.6) is 0 Å². The van der Waals surface area contributed by atoms with Gasteiger partial charge in [-0.2, -0.15) is 0 Å². The molecule has 11 heteroatoms. The lowest BCUT2D eigenvalue weighted by Gasteiger charge is -2.38. The highest BCUT2D eigenvalue weighted by Gasteiger charge is 2.42. The Labute approximate surface area is 189 Å². The molecule has 0 amide bonds. The number of ether oxygens (including phenoxy) is 5. The number of hydrogen-bond donors (Lipinski definition) is 6. The molecule has 0 aromatic heterocycles. The summed E-state index contributed by atoms with van der Waals surface area (Å²) in [6.45, 7) is 6.39. The topological polar surface area (TPSA) is 168 Å². The molecular weight excluding hydrogens is 428 g/mol. The summed E-state index contributed by atoms with van der Waals surface area (Å²) in [6.07, 6.45) is -4.01. The Bertz CT molecular complexity index is 447. The van der Waals surface area contributed by atoms with Crippen LogP contribution in [-0.4, -0.2) is 119 Å². The fraction of sp³-hybridized carbons (Fsp3) is 1.00. The van der Waals surface area contributed by atoms with E-state index in [1.165, 1.54) is 39.9 Å². The molecule has 0 aromatic rings. The van der Waals surface area contributed by atoms with E-state index in [0.717, 1.165) is 6.61 Å². The molecule has 11 unspecified atom stereocenters. The molecule has 3 saturated heterocycles. The highest BCUT2D eigenvalue weighted by atomic mass is 16.7. The van der Waals surface area contributed by atoms with Gasteiger partial charge in [0.15, 0.2) is 12.6 Å². The average Bonchev–Trinajstić information content (AvgIpc) is 2.82. The van der Waals surface area contributed by atoms with Crippen molar-refractivity contribution in [1.29, 1.82) is 0 Å². The Morgan fingerprint density at radius 1 is 0.688 bits per heavy atom. The Balaban J connectivity index is 0.000000245. The summed E-state index contributed by atoms with van der Waals surface area (Å²) >= 11 is 0. The number of aliphatic hydroxyl groups is 6. The van der Waals surface area contributed by atoms with E-state index in [1.807, 2.05) is 0 Å². The van der Waals surface area contributed by atoms with E-state index in [1.54, 1.807) is 13.8 Å². The van der Waals surface area contributed by atoms with E-state index < -0.39 is 61.4 Å². The molecular formula is C21H42O11. The summed E-state index contributed by atoms with van der Waals surface area (Å²) in [5.41, 5.74) is 0. The molecule has 3 fully saturated rings. The van der Waals surface area contributed by atoms with Crippen LogP contribution in [0.15, 0.2) is 0 Å². The van der Waals surface area contributed by atoms with E-state index in [4.69, 9.17) is 23.7 Å². The Kier molecular flexibility index (Phi) is 13.6. The van der Waals surface area contributed by atoms with Crippen LogP contribution in [0.2, 0.25) is 0 Å². The van der Waals surface area contributed by atoms with Gasteiger partial charge in [0, 0.05) is 20.8 Å². The number of hydrogen-bond acceptors (Lipinski definition) is 11. The molecule has 11 nitrogen and oxygen atoms in total. The molecule has 0 radical (unpaired) electrons. The van der Waals surface area contributed by atoms with Crippen LogP contribution >= 0.6 is 0 Å². The van der Waals surface area contributed by atoms with Gasteiger partial charge in [0.05, 0.1) is 18.3 Å². The predicted molar refractivity (Wildman–Crippen MR) is 113 cm³/mol. The van der Waals surface area contributed by atoms with Gasteiger partial charge < -0.3 is 54.3 Å². The average molecular weight is 471 g/mol. The lowest BCUT2D eigenvalue weighted by molar-refractivity contribution is -0.286. The lowest BCUT2D eigenvalue weighted by atomic mass is 10.0. The van der Waals surface area contributed by atoms with Crippen molar-refractivity contribution in [3.8, 4) is 0 Å². The molecule has 0 spiro atoms. The number of methoxy groups -OCH3 is 2. The van der Waals surface area contributed by atoms with Gasteiger partial charge in [-0.25, -0.2) is 0 Å². The number of aliphatic hydroxyl groups excluding tert-OH is 6. The Morgan fingerprint density at radius 2 is 1.12 bits per heavy atom. The number of rotatable bonds is 3. The molecule has 3 aliphatic heterocycles. The van der Waals surface area contributed by atoms with E-state index >= 15 is 0 Å². The summed E-state index contributed by atoms with van der Waals surface area (Å²) in [5, 5.41) is 55.5. The second kappa shape index (κ2) is 14.7. The zero-order chi connectivity index (χ0) is 24.4. The molecule has 0 aliphatic carbocycles. The summed E-state index contributed by atoms with van der Waals surface area (Å²) in [7, 11) is 2.73. The highest BCUT2D eigenvalue weighted by molar-refractivity contribution is 4.87. The van der Waals surface area contributed by atoms with E-state index in [-0.39, 0.29) is 0 Å². The normalized spacial score (nSPS) is 44.5. The maximum absolute atomic E-state index is 9.27. The smallest absolute Gasteiger partial charge is 0.186 e. The van der Waals surface area contributed by atoms with Gasteiger partial charge in [-0.3, -0.25) is 0 Å². The molecule has 3 heterocycles. The SMILES string of the molecule is CCC1CCCCO1.COC1OC(C)C(O)C(O)C1O.COC1OC(C)C(O)C(O)C1O. The molecule has 0 saturated carbocycles. The summed E-state index contributed by atoms with van der Waals surface area (Å²) in [4.78, 5) is 0. The third kappa shape index (κ3) is 8.41. The molecule has 0 bridgehead atoms. The fourth-order valence-corrected chi connectivity index (χ4v) is 3.55. The second-order valence-corrected chi connectivity index (χ2v) is 8.23. The lowest BCUT2D eigenvalue weighted by Crippen LogP contribution is -2.57. The molecule has 32 heavy (non-hydrogen) atoms. The maximum Gasteiger partial charge on any atom is 0.186 e. The predicted octanol–water partition coefficient (Wildman–Crippen LogP) is -1.11. The van der Waals surface area contributed by atoms with Crippen LogP contribution in [0.1, 0.15) is 46.5 Å². The van der Waals surface area contributed by atoms with E-state index in [0.29, 0.717) is 6.10 Å². The molecule has 3 aliphatic rings. The van der Waals surface area contributed by atoms with Crippen molar-refractivity contribution in [2.45, 2.75) is 114 Å². The highest BCUT2D eigenvalue weighted by Crippen LogP contribution is 2.21. The third-order valence-electron chi connectivity index (χ3n) is 5.81.